The Kier molecular flexibility index (Phi) is 5.60. The largest absolute Gasteiger partial charge is 0.497 e. The Morgan fingerprint density at radius 1 is 1.41 bits per heavy atom. The number of hydrogen-bond acceptors (Lipinski definition) is 5. The molecule has 1 aromatic carbocycles. The van der Waals surface area contributed by atoms with Gasteiger partial charge in [0.15, 0.2) is 0 Å². The van der Waals surface area contributed by atoms with Crippen LogP contribution in [0.3, 0.4) is 0 Å². The van der Waals surface area contributed by atoms with E-state index in [4.69, 9.17) is 4.74 Å². The molecule has 0 saturated carbocycles. The summed E-state index contributed by atoms with van der Waals surface area (Å²) >= 11 is 1.03. The molecule has 0 saturated heterocycles. The van der Waals surface area contributed by atoms with Gasteiger partial charge in [0.05, 0.1) is 7.11 Å². The third-order valence-electron chi connectivity index (χ3n) is 2.82. The molecule has 0 radical (unpaired) electrons. The lowest BCUT2D eigenvalue weighted by molar-refractivity contribution is -0.131. The molecular formula is C15H17N3O3S. The van der Waals surface area contributed by atoms with Gasteiger partial charge in [-0.15, -0.1) is 5.10 Å². The van der Waals surface area contributed by atoms with Crippen molar-refractivity contribution in [1.29, 1.82) is 0 Å². The zero-order valence-corrected chi connectivity index (χ0v) is 13.2. The maximum atomic E-state index is 11.4. The van der Waals surface area contributed by atoms with Crippen molar-refractivity contribution in [3.63, 3.8) is 0 Å². The number of aromatic amines is 1. The number of H-pyrrole nitrogens is 1. The normalized spacial score (nSPS) is 11.5. The van der Waals surface area contributed by atoms with Gasteiger partial charge in [0.25, 0.3) is 0 Å². The minimum atomic E-state index is -1.01. The van der Waals surface area contributed by atoms with Gasteiger partial charge in [0.2, 0.25) is 5.16 Å². The molecule has 7 heteroatoms. The van der Waals surface area contributed by atoms with Gasteiger partial charge in [0.1, 0.15) is 16.5 Å². The number of aryl methyl sites for hydroxylation is 1. The molecule has 6 nitrogen and oxygen atoms in total. The summed E-state index contributed by atoms with van der Waals surface area (Å²) in [4.78, 5) is 15.8. The molecule has 0 bridgehead atoms. The highest BCUT2D eigenvalue weighted by Gasteiger charge is 2.13. The van der Waals surface area contributed by atoms with Crippen LogP contribution < -0.4 is 4.74 Å². The van der Waals surface area contributed by atoms with E-state index in [1.807, 2.05) is 6.92 Å². The second-order valence-corrected chi connectivity index (χ2v) is 5.51. The molecule has 0 aliphatic heterocycles. The van der Waals surface area contributed by atoms with Gasteiger partial charge in [-0.3, -0.25) is 5.10 Å². The number of aliphatic carboxylic acids is 1. The first kappa shape index (κ1) is 16.1. The predicted molar refractivity (Wildman–Crippen MR) is 84.8 cm³/mol. The summed E-state index contributed by atoms with van der Waals surface area (Å²) in [6, 6.07) is 7.15. The van der Waals surface area contributed by atoms with Crippen molar-refractivity contribution in [2.24, 2.45) is 0 Å². The van der Waals surface area contributed by atoms with E-state index < -0.39 is 5.97 Å². The fourth-order valence-electron chi connectivity index (χ4n) is 1.76. The van der Waals surface area contributed by atoms with E-state index in [9.17, 15) is 9.90 Å². The summed E-state index contributed by atoms with van der Waals surface area (Å²) in [5.74, 6) is 0.474. The summed E-state index contributed by atoms with van der Waals surface area (Å²) in [6.45, 7) is 2.04. The molecular weight excluding hydrogens is 302 g/mol. The second-order valence-electron chi connectivity index (χ2n) is 4.50. The van der Waals surface area contributed by atoms with Crippen molar-refractivity contribution in [2.45, 2.75) is 24.9 Å². The number of carbonyl (C=O) groups is 1. The van der Waals surface area contributed by atoms with Gasteiger partial charge in [-0.05, 0) is 42.0 Å². The number of nitrogens with zero attached hydrogens (tertiary/aromatic N) is 2. The molecule has 116 valence electrons. The summed E-state index contributed by atoms with van der Waals surface area (Å²) in [7, 11) is 1.58. The van der Waals surface area contributed by atoms with Crippen LogP contribution in [0, 0.1) is 0 Å². The van der Waals surface area contributed by atoms with Crippen LogP contribution in [0.15, 0.2) is 34.3 Å². The number of methoxy groups -OCH3 is 1. The van der Waals surface area contributed by atoms with Crippen LogP contribution in [-0.4, -0.2) is 33.4 Å². The summed E-state index contributed by atoms with van der Waals surface area (Å²) in [6.07, 6.45) is 3.33. The third-order valence-corrected chi connectivity index (χ3v) is 3.70. The van der Waals surface area contributed by atoms with E-state index in [-0.39, 0.29) is 4.91 Å². The molecule has 0 aliphatic rings. The quantitative estimate of drug-likeness (QED) is 0.602. The van der Waals surface area contributed by atoms with Crippen molar-refractivity contribution in [3.05, 3.63) is 40.6 Å². The first-order valence-electron chi connectivity index (χ1n) is 6.80. The molecule has 2 N–H and O–H groups in total. The number of benzene rings is 1. The average molecular weight is 319 g/mol. The SMILES string of the molecule is CCCc1nc(S/C(=C\c2ccc(OC)cc2)C(=O)O)n[nH]1. The number of carboxylic acid groups (broad SMARTS) is 1. The van der Waals surface area contributed by atoms with E-state index in [0.717, 1.165) is 41.7 Å². The van der Waals surface area contributed by atoms with E-state index in [2.05, 4.69) is 15.2 Å². The van der Waals surface area contributed by atoms with Gasteiger partial charge < -0.3 is 9.84 Å². The maximum absolute atomic E-state index is 11.4. The highest BCUT2D eigenvalue weighted by atomic mass is 32.2. The van der Waals surface area contributed by atoms with Crippen LogP contribution in [0.25, 0.3) is 6.08 Å². The molecule has 0 unspecified atom stereocenters. The minimum Gasteiger partial charge on any atom is -0.497 e. The highest BCUT2D eigenvalue weighted by Crippen LogP contribution is 2.26. The van der Waals surface area contributed by atoms with E-state index in [0.29, 0.717) is 5.16 Å². The van der Waals surface area contributed by atoms with Gasteiger partial charge in [-0.1, -0.05) is 19.1 Å². The molecule has 0 amide bonds. The van der Waals surface area contributed by atoms with Gasteiger partial charge >= 0.3 is 5.97 Å². The Labute approximate surface area is 132 Å². The monoisotopic (exact) mass is 319 g/mol. The topological polar surface area (TPSA) is 88.1 Å². The third kappa shape index (κ3) is 4.36. The van der Waals surface area contributed by atoms with Crippen LogP contribution in [0.4, 0.5) is 0 Å². The Morgan fingerprint density at radius 3 is 2.73 bits per heavy atom. The van der Waals surface area contributed by atoms with Crippen LogP contribution in [0.2, 0.25) is 0 Å². The maximum Gasteiger partial charge on any atom is 0.342 e. The molecule has 2 rings (SSSR count). The van der Waals surface area contributed by atoms with Crippen LogP contribution in [-0.2, 0) is 11.2 Å². The molecule has 0 fully saturated rings. The molecule has 0 aliphatic carbocycles. The lowest BCUT2D eigenvalue weighted by Gasteiger charge is -2.01. The molecule has 0 spiro atoms. The van der Waals surface area contributed by atoms with Crippen LogP contribution >= 0.6 is 11.8 Å². The summed E-state index contributed by atoms with van der Waals surface area (Å²) in [5.41, 5.74) is 0.773. The molecule has 0 atom stereocenters. The number of rotatable bonds is 7. The molecule has 2 aromatic rings. The zero-order valence-electron chi connectivity index (χ0n) is 12.4. The number of aromatic nitrogens is 3. The van der Waals surface area contributed by atoms with Gasteiger partial charge in [0, 0.05) is 6.42 Å². The highest BCUT2D eigenvalue weighted by molar-refractivity contribution is 8.04. The lowest BCUT2D eigenvalue weighted by Crippen LogP contribution is -1.97. The van der Waals surface area contributed by atoms with Crippen molar-refractivity contribution in [1.82, 2.24) is 15.2 Å². The summed E-state index contributed by atoms with van der Waals surface area (Å²) in [5, 5.41) is 16.6. The number of nitrogens with one attached hydrogen (secondary N) is 1. The Bertz CT molecular complexity index is 665. The molecule has 1 aromatic heterocycles. The molecule has 1 heterocycles. The van der Waals surface area contributed by atoms with Gasteiger partial charge in [-0.25, -0.2) is 9.78 Å². The van der Waals surface area contributed by atoms with Crippen LogP contribution in [0.5, 0.6) is 5.75 Å². The first-order chi connectivity index (χ1) is 10.6. The average Bonchev–Trinajstić information content (AvgIpc) is 2.95. The lowest BCUT2D eigenvalue weighted by atomic mass is 10.2. The summed E-state index contributed by atoms with van der Waals surface area (Å²) < 4.78 is 5.08. The van der Waals surface area contributed by atoms with Crippen molar-refractivity contribution in [2.75, 3.05) is 7.11 Å². The fraction of sp³-hybridized carbons (Fsp3) is 0.267. The molecule has 22 heavy (non-hydrogen) atoms. The number of ether oxygens (including phenoxy) is 1. The van der Waals surface area contributed by atoms with E-state index >= 15 is 0 Å². The van der Waals surface area contributed by atoms with Crippen molar-refractivity contribution in [3.8, 4) is 5.75 Å². The van der Waals surface area contributed by atoms with Crippen molar-refractivity contribution >= 4 is 23.8 Å². The number of carboxylic acids is 1. The minimum absolute atomic E-state index is 0.159. The standard InChI is InChI=1S/C15H17N3O3S/c1-3-4-13-16-15(18-17-13)22-12(14(19)20)9-10-5-7-11(21-2)8-6-10/h5-9H,3-4H2,1-2H3,(H,19,20)(H,16,17,18)/b12-9-. The van der Waals surface area contributed by atoms with E-state index in [1.54, 1.807) is 37.5 Å². The second kappa shape index (κ2) is 7.65. The smallest absolute Gasteiger partial charge is 0.342 e. The number of hydrogen-bond donors (Lipinski definition) is 2. The van der Waals surface area contributed by atoms with E-state index in [1.165, 1.54) is 0 Å². The number of thioether (sulfide) groups is 1. The van der Waals surface area contributed by atoms with Crippen molar-refractivity contribution < 1.29 is 14.6 Å². The predicted octanol–water partition coefficient (Wildman–Crippen LogP) is 2.98. The Hall–Kier alpha value is -2.28. The van der Waals surface area contributed by atoms with Gasteiger partial charge in [-0.2, -0.15) is 0 Å². The Balaban J connectivity index is 2.17. The zero-order chi connectivity index (χ0) is 15.9. The fourth-order valence-corrected chi connectivity index (χ4v) is 2.48. The van der Waals surface area contributed by atoms with Crippen LogP contribution in [0.1, 0.15) is 24.7 Å². The Morgan fingerprint density at radius 2 is 2.14 bits per heavy atom. The first-order valence-corrected chi connectivity index (χ1v) is 7.62.